The highest BCUT2D eigenvalue weighted by molar-refractivity contribution is 5.81. The highest BCUT2D eigenvalue weighted by Gasteiger charge is 2.25. The molecule has 1 aromatic rings. The van der Waals surface area contributed by atoms with Crippen molar-refractivity contribution in [3.05, 3.63) is 34.4 Å². The van der Waals surface area contributed by atoms with Crippen molar-refractivity contribution in [2.24, 2.45) is 5.92 Å². The minimum Gasteiger partial charge on any atom is -0.481 e. The van der Waals surface area contributed by atoms with E-state index in [-0.39, 0.29) is 17.6 Å². The number of nitrogens with one attached hydrogen (secondary N) is 1. The number of carbonyl (C=O) groups excluding carboxylic acids is 1. The first-order chi connectivity index (χ1) is 10.5. The van der Waals surface area contributed by atoms with Gasteiger partial charge in [0, 0.05) is 12.1 Å². The topological polar surface area (TPSA) is 81.5 Å². The first-order valence-electron chi connectivity index (χ1n) is 7.69. The summed E-state index contributed by atoms with van der Waals surface area (Å²) in [7, 11) is 0. The van der Waals surface area contributed by atoms with Gasteiger partial charge in [-0.05, 0) is 31.7 Å². The number of rotatable bonds is 5. The molecule has 1 amide bonds. The Balaban J connectivity index is 1.93. The van der Waals surface area contributed by atoms with Gasteiger partial charge in [0.15, 0.2) is 6.10 Å². The van der Waals surface area contributed by atoms with E-state index in [0.29, 0.717) is 11.7 Å². The maximum absolute atomic E-state index is 12.2. The first kappa shape index (κ1) is 16.3. The SMILES string of the molecule is C[C@@H]1CCCC[C@@H]1NC(=O)[C@@H](C)Oc1cccc([N+](=O)[O-])c1. The second-order valence-corrected chi connectivity index (χ2v) is 5.89. The number of carbonyl (C=O) groups is 1. The first-order valence-corrected chi connectivity index (χ1v) is 7.69. The fourth-order valence-electron chi connectivity index (χ4n) is 2.76. The molecule has 0 aromatic heterocycles. The second kappa shape index (κ2) is 7.24. The van der Waals surface area contributed by atoms with Crippen molar-refractivity contribution in [1.82, 2.24) is 5.32 Å². The Morgan fingerprint density at radius 1 is 1.41 bits per heavy atom. The molecule has 1 saturated carbocycles. The lowest BCUT2D eigenvalue weighted by atomic mass is 9.86. The molecule has 6 heteroatoms. The molecule has 0 bridgehead atoms. The number of hydrogen-bond acceptors (Lipinski definition) is 4. The number of nitro groups is 1. The van der Waals surface area contributed by atoms with Gasteiger partial charge in [0.05, 0.1) is 11.0 Å². The maximum Gasteiger partial charge on any atom is 0.273 e. The molecule has 0 aliphatic heterocycles. The summed E-state index contributed by atoms with van der Waals surface area (Å²) >= 11 is 0. The zero-order chi connectivity index (χ0) is 16.1. The molecule has 1 N–H and O–H groups in total. The Labute approximate surface area is 130 Å². The summed E-state index contributed by atoms with van der Waals surface area (Å²) in [6.07, 6.45) is 3.79. The van der Waals surface area contributed by atoms with Crippen molar-refractivity contribution in [3.63, 3.8) is 0 Å². The molecular weight excluding hydrogens is 284 g/mol. The summed E-state index contributed by atoms with van der Waals surface area (Å²) in [5.41, 5.74) is -0.0500. The lowest BCUT2D eigenvalue weighted by molar-refractivity contribution is -0.384. The van der Waals surface area contributed by atoms with Gasteiger partial charge in [-0.15, -0.1) is 0 Å². The van der Waals surface area contributed by atoms with Crippen LogP contribution in [0.25, 0.3) is 0 Å². The lowest BCUT2D eigenvalue weighted by Gasteiger charge is -2.30. The fraction of sp³-hybridized carbons (Fsp3) is 0.562. The average Bonchev–Trinajstić information content (AvgIpc) is 2.49. The Morgan fingerprint density at radius 3 is 2.82 bits per heavy atom. The van der Waals surface area contributed by atoms with Crippen LogP contribution in [-0.2, 0) is 4.79 Å². The standard InChI is InChI=1S/C16H22N2O4/c1-11-6-3-4-9-15(11)17-16(19)12(2)22-14-8-5-7-13(10-14)18(20)21/h5,7-8,10-12,15H,3-4,6,9H2,1-2H3,(H,17,19)/t11-,12-,15+/m1/s1. The summed E-state index contributed by atoms with van der Waals surface area (Å²) in [6, 6.07) is 6.06. The van der Waals surface area contributed by atoms with E-state index in [1.54, 1.807) is 19.1 Å². The van der Waals surface area contributed by atoms with Gasteiger partial charge in [0.1, 0.15) is 5.75 Å². The average molecular weight is 306 g/mol. The van der Waals surface area contributed by atoms with Crippen molar-refractivity contribution in [2.45, 2.75) is 51.7 Å². The number of non-ortho nitro benzene ring substituents is 1. The Hall–Kier alpha value is -2.11. The van der Waals surface area contributed by atoms with Crippen molar-refractivity contribution in [2.75, 3.05) is 0 Å². The zero-order valence-electron chi connectivity index (χ0n) is 13.0. The number of amides is 1. The van der Waals surface area contributed by atoms with Crippen LogP contribution in [0.4, 0.5) is 5.69 Å². The summed E-state index contributed by atoms with van der Waals surface area (Å²) in [5, 5.41) is 13.8. The number of hydrogen-bond donors (Lipinski definition) is 1. The normalized spacial score (nSPS) is 22.6. The van der Waals surface area contributed by atoms with Gasteiger partial charge < -0.3 is 10.1 Å². The van der Waals surface area contributed by atoms with Crippen LogP contribution in [0, 0.1) is 16.0 Å². The van der Waals surface area contributed by atoms with Crippen molar-refractivity contribution in [1.29, 1.82) is 0 Å². The molecule has 1 aliphatic carbocycles. The summed E-state index contributed by atoms with van der Waals surface area (Å²) in [5.74, 6) is 0.626. The molecule has 1 aromatic carbocycles. The molecular formula is C16H22N2O4. The molecule has 3 atom stereocenters. The van der Waals surface area contributed by atoms with E-state index in [4.69, 9.17) is 4.74 Å². The van der Waals surface area contributed by atoms with Crippen molar-refractivity contribution < 1.29 is 14.5 Å². The molecule has 0 unspecified atom stereocenters. The van der Waals surface area contributed by atoms with Gasteiger partial charge >= 0.3 is 0 Å². The third kappa shape index (κ3) is 4.19. The molecule has 120 valence electrons. The third-order valence-corrected chi connectivity index (χ3v) is 4.15. The summed E-state index contributed by atoms with van der Waals surface area (Å²) < 4.78 is 5.53. The Kier molecular flexibility index (Phi) is 5.35. The minimum atomic E-state index is -0.684. The lowest BCUT2D eigenvalue weighted by Crippen LogP contribution is -2.46. The van der Waals surface area contributed by atoms with Gasteiger partial charge in [-0.2, -0.15) is 0 Å². The van der Waals surface area contributed by atoms with Gasteiger partial charge in [0.25, 0.3) is 11.6 Å². The van der Waals surface area contributed by atoms with Crippen LogP contribution in [-0.4, -0.2) is 23.0 Å². The van der Waals surface area contributed by atoms with Gasteiger partial charge in [-0.25, -0.2) is 0 Å². The van der Waals surface area contributed by atoms with E-state index in [0.717, 1.165) is 19.3 Å². The predicted molar refractivity (Wildman–Crippen MR) is 82.7 cm³/mol. The van der Waals surface area contributed by atoms with Crippen LogP contribution < -0.4 is 10.1 Å². The highest BCUT2D eigenvalue weighted by atomic mass is 16.6. The summed E-state index contributed by atoms with van der Waals surface area (Å²) in [4.78, 5) is 22.5. The van der Waals surface area contributed by atoms with E-state index in [9.17, 15) is 14.9 Å². The van der Waals surface area contributed by atoms with E-state index < -0.39 is 11.0 Å². The third-order valence-electron chi connectivity index (χ3n) is 4.15. The number of benzene rings is 1. The number of nitro benzene ring substituents is 1. The highest BCUT2D eigenvalue weighted by Crippen LogP contribution is 2.24. The predicted octanol–water partition coefficient (Wildman–Crippen LogP) is 3.06. The molecule has 0 spiro atoms. The zero-order valence-corrected chi connectivity index (χ0v) is 13.0. The quantitative estimate of drug-likeness (QED) is 0.669. The summed E-state index contributed by atoms with van der Waals surface area (Å²) in [6.45, 7) is 3.80. The van der Waals surface area contributed by atoms with Gasteiger partial charge in [0.2, 0.25) is 0 Å². The minimum absolute atomic E-state index is 0.0500. The fourth-order valence-corrected chi connectivity index (χ4v) is 2.76. The Bertz CT molecular complexity index is 547. The maximum atomic E-state index is 12.2. The molecule has 0 radical (unpaired) electrons. The van der Waals surface area contributed by atoms with E-state index >= 15 is 0 Å². The number of nitrogens with zero attached hydrogens (tertiary/aromatic N) is 1. The van der Waals surface area contributed by atoms with Crippen LogP contribution in [0.3, 0.4) is 0 Å². The monoisotopic (exact) mass is 306 g/mol. The molecule has 0 heterocycles. The molecule has 1 aliphatic rings. The van der Waals surface area contributed by atoms with E-state index in [2.05, 4.69) is 12.2 Å². The van der Waals surface area contributed by atoms with E-state index in [1.807, 2.05) is 0 Å². The molecule has 1 fully saturated rings. The smallest absolute Gasteiger partial charge is 0.273 e. The second-order valence-electron chi connectivity index (χ2n) is 5.89. The molecule has 0 saturated heterocycles. The Morgan fingerprint density at radius 2 is 2.14 bits per heavy atom. The molecule has 22 heavy (non-hydrogen) atoms. The van der Waals surface area contributed by atoms with Crippen LogP contribution in [0.5, 0.6) is 5.75 Å². The van der Waals surface area contributed by atoms with Gasteiger partial charge in [-0.1, -0.05) is 25.8 Å². The van der Waals surface area contributed by atoms with E-state index in [1.165, 1.54) is 18.6 Å². The van der Waals surface area contributed by atoms with Crippen LogP contribution in [0.1, 0.15) is 39.5 Å². The molecule has 2 rings (SSSR count). The molecule has 6 nitrogen and oxygen atoms in total. The van der Waals surface area contributed by atoms with Crippen LogP contribution in [0.15, 0.2) is 24.3 Å². The largest absolute Gasteiger partial charge is 0.481 e. The van der Waals surface area contributed by atoms with Crippen LogP contribution in [0.2, 0.25) is 0 Å². The van der Waals surface area contributed by atoms with Crippen LogP contribution >= 0.6 is 0 Å². The van der Waals surface area contributed by atoms with Crippen molar-refractivity contribution in [3.8, 4) is 5.75 Å². The van der Waals surface area contributed by atoms with Crippen molar-refractivity contribution >= 4 is 11.6 Å². The number of ether oxygens (including phenoxy) is 1. The van der Waals surface area contributed by atoms with Gasteiger partial charge in [-0.3, -0.25) is 14.9 Å².